The predicted octanol–water partition coefficient (Wildman–Crippen LogP) is 5.38. The molecule has 0 spiro atoms. The normalized spacial score (nSPS) is 48.9. The topological polar surface area (TPSA) is 96.2 Å². The van der Waals surface area contributed by atoms with Crippen LogP contribution in [-0.4, -0.2) is 51.5 Å². The van der Waals surface area contributed by atoms with E-state index in [1.165, 1.54) is 6.92 Å². The van der Waals surface area contributed by atoms with Crippen molar-refractivity contribution in [2.45, 2.75) is 137 Å². The van der Waals surface area contributed by atoms with Gasteiger partial charge in [-0.1, -0.05) is 46.3 Å². The molecule has 1 aliphatic heterocycles. The van der Waals surface area contributed by atoms with Gasteiger partial charge in [-0.15, -0.1) is 0 Å². The number of carbonyl (C=O) groups is 1. The Labute approximate surface area is 229 Å². The number of hydrogen-bond donors (Lipinski definition) is 3. The van der Waals surface area contributed by atoms with Crippen LogP contribution >= 0.6 is 0 Å². The predicted molar refractivity (Wildman–Crippen MR) is 146 cm³/mol. The lowest BCUT2D eigenvalue weighted by atomic mass is 9.41. The van der Waals surface area contributed by atoms with Crippen LogP contribution in [0.2, 0.25) is 0 Å². The molecule has 5 rings (SSSR count). The quantitative estimate of drug-likeness (QED) is 0.332. The molecular weight excluding hydrogens is 480 g/mol. The molecule has 216 valence electrons. The maximum absolute atomic E-state index is 11.9. The molecule has 0 radical (unpaired) electrons. The molecule has 3 saturated carbocycles. The highest BCUT2D eigenvalue weighted by atomic mass is 16.6. The molecule has 4 aliphatic carbocycles. The highest BCUT2D eigenvalue weighted by Crippen LogP contribution is 2.74. The Kier molecular flexibility index (Phi) is 6.79. The van der Waals surface area contributed by atoms with Gasteiger partial charge in [0.1, 0.15) is 12.2 Å². The molecule has 0 aromatic carbocycles. The largest absolute Gasteiger partial charge is 0.462 e. The lowest BCUT2D eigenvalue weighted by Crippen LogP contribution is -2.58. The average Bonchev–Trinajstić information content (AvgIpc) is 3.31. The number of fused-ring (bicyclic) bond motifs is 5. The minimum atomic E-state index is -1.27. The van der Waals surface area contributed by atoms with Crippen molar-refractivity contribution in [1.29, 1.82) is 0 Å². The van der Waals surface area contributed by atoms with Crippen LogP contribution in [0.4, 0.5) is 0 Å². The van der Waals surface area contributed by atoms with Crippen molar-refractivity contribution in [3.63, 3.8) is 0 Å². The van der Waals surface area contributed by atoms with E-state index in [0.29, 0.717) is 24.2 Å². The maximum Gasteiger partial charge on any atom is 0.302 e. The van der Waals surface area contributed by atoms with E-state index in [2.05, 4.69) is 40.7 Å². The summed E-state index contributed by atoms with van der Waals surface area (Å²) in [5.74, 6) is 1.11. The number of aliphatic hydroxyl groups excluding tert-OH is 2. The molecule has 4 fully saturated rings. The van der Waals surface area contributed by atoms with E-state index in [9.17, 15) is 20.1 Å². The Bertz CT molecular complexity index is 981. The first kappa shape index (κ1) is 28.6. The van der Waals surface area contributed by atoms with E-state index >= 15 is 0 Å². The molecule has 11 atom stereocenters. The van der Waals surface area contributed by atoms with Crippen molar-refractivity contribution >= 4 is 5.97 Å². The molecule has 0 bridgehead atoms. The van der Waals surface area contributed by atoms with E-state index < -0.39 is 24.1 Å². The SMILES string of the molecule is CC(=O)O[C@@H]1CC[C@@]2(C)[C@H](CC=C3[C@@H]2CC[C@@]2(C)[C@H]([C@@H]4C[C@@H]([C@H](O)C(C)(C)O)O[C@H]4O)CC[C@]32C)C1(C)C. The fourth-order valence-corrected chi connectivity index (χ4v) is 10.6. The van der Waals surface area contributed by atoms with Gasteiger partial charge in [0.25, 0.3) is 0 Å². The first-order valence-electron chi connectivity index (χ1n) is 15.1. The standard InChI is InChI=1S/C32H52O6/c1-18(33)37-25-13-14-30(6)21-12-16-31(7)20(19-17-23(38-27(19)35)26(34)29(4,5)36)11-15-32(31,8)22(21)9-10-24(30)28(25,2)3/h9,19-21,23-27,34-36H,10-17H2,1-8H3/t19-,20-,21-,23-,24+,25+,26-,27+,30+,31-,32+/m0/s1. The number of rotatable bonds is 4. The van der Waals surface area contributed by atoms with Gasteiger partial charge in [0.2, 0.25) is 0 Å². The molecule has 6 heteroatoms. The molecule has 0 unspecified atom stereocenters. The summed E-state index contributed by atoms with van der Waals surface area (Å²) >= 11 is 0. The Hall–Kier alpha value is -0.950. The minimum absolute atomic E-state index is 0.0237. The Morgan fingerprint density at radius 3 is 2.42 bits per heavy atom. The number of esters is 1. The Morgan fingerprint density at radius 2 is 1.79 bits per heavy atom. The molecule has 1 heterocycles. The van der Waals surface area contributed by atoms with E-state index in [4.69, 9.17) is 9.47 Å². The zero-order valence-corrected chi connectivity index (χ0v) is 24.9. The number of aliphatic hydroxyl groups is 3. The van der Waals surface area contributed by atoms with E-state index in [-0.39, 0.29) is 39.7 Å². The van der Waals surface area contributed by atoms with Gasteiger partial charge in [0.05, 0.1) is 11.7 Å². The second-order valence-corrected chi connectivity index (χ2v) is 15.5. The molecule has 6 nitrogen and oxygen atoms in total. The van der Waals surface area contributed by atoms with E-state index in [0.717, 1.165) is 44.9 Å². The lowest BCUT2D eigenvalue weighted by molar-refractivity contribution is -0.177. The molecule has 1 saturated heterocycles. The van der Waals surface area contributed by atoms with Crippen molar-refractivity contribution in [3.8, 4) is 0 Å². The van der Waals surface area contributed by atoms with Gasteiger partial charge in [0.15, 0.2) is 6.29 Å². The van der Waals surface area contributed by atoms with Gasteiger partial charge >= 0.3 is 5.97 Å². The smallest absolute Gasteiger partial charge is 0.302 e. The maximum atomic E-state index is 11.9. The van der Waals surface area contributed by atoms with Gasteiger partial charge in [-0.05, 0) is 99.2 Å². The summed E-state index contributed by atoms with van der Waals surface area (Å²) < 4.78 is 11.7. The molecule has 0 amide bonds. The van der Waals surface area contributed by atoms with Crippen LogP contribution in [0.15, 0.2) is 11.6 Å². The van der Waals surface area contributed by atoms with Gasteiger partial charge in [-0.2, -0.15) is 0 Å². The summed E-state index contributed by atoms with van der Waals surface area (Å²) in [6, 6.07) is 0. The van der Waals surface area contributed by atoms with Crippen LogP contribution < -0.4 is 0 Å². The van der Waals surface area contributed by atoms with Crippen LogP contribution in [0.3, 0.4) is 0 Å². The monoisotopic (exact) mass is 532 g/mol. The van der Waals surface area contributed by atoms with Gasteiger partial charge < -0.3 is 24.8 Å². The summed E-state index contributed by atoms with van der Waals surface area (Å²) in [6.45, 7) is 16.8. The van der Waals surface area contributed by atoms with Crippen LogP contribution in [0.1, 0.15) is 107 Å². The second kappa shape index (κ2) is 9.03. The third kappa shape index (κ3) is 3.98. The fourth-order valence-electron chi connectivity index (χ4n) is 10.6. The molecule has 38 heavy (non-hydrogen) atoms. The van der Waals surface area contributed by atoms with Crippen molar-refractivity contribution < 1.29 is 29.6 Å². The Morgan fingerprint density at radius 1 is 1.11 bits per heavy atom. The number of allylic oxidation sites excluding steroid dienone is 2. The van der Waals surface area contributed by atoms with Crippen LogP contribution in [-0.2, 0) is 14.3 Å². The highest BCUT2D eigenvalue weighted by Gasteiger charge is 2.67. The highest BCUT2D eigenvalue weighted by molar-refractivity contribution is 5.66. The summed E-state index contributed by atoms with van der Waals surface area (Å²) in [5.41, 5.74) is 0.597. The third-order valence-corrected chi connectivity index (χ3v) is 12.9. The van der Waals surface area contributed by atoms with Crippen LogP contribution in [0, 0.1) is 45.3 Å². The zero-order valence-electron chi connectivity index (χ0n) is 24.9. The number of hydrogen-bond acceptors (Lipinski definition) is 6. The summed E-state index contributed by atoms with van der Waals surface area (Å²) in [6.07, 6.45) is 8.11. The first-order valence-corrected chi connectivity index (χ1v) is 15.1. The van der Waals surface area contributed by atoms with Crippen LogP contribution in [0.5, 0.6) is 0 Å². The van der Waals surface area contributed by atoms with Gasteiger partial charge in [-0.25, -0.2) is 0 Å². The van der Waals surface area contributed by atoms with Crippen molar-refractivity contribution in [3.05, 3.63) is 11.6 Å². The minimum Gasteiger partial charge on any atom is -0.462 e. The fraction of sp³-hybridized carbons (Fsp3) is 0.906. The Balaban J connectivity index is 1.42. The van der Waals surface area contributed by atoms with Gasteiger partial charge in [0, 0.05) is 18.3 Å². The summed E-state index contributed by atoms with van der Waals surface area (Å²) in [4.78, 5) is 11.9. The summed E-state index contributed by atoms with van der Waals surface area (Å²) in [7, 11) is 0. The van der Waals surface area contributed by atoms with Crippen molar-refractivity contribution in [2.24, 2.45) is 45.3 Å². The first-order chi connectivity index (χ1) is 17.5. The number of ether oxygens (including phenoxy) is 2. The van der Waals surface area contributed by atoms with E-state index in [1.807, 2.05) is 0 Å². The van der Waals surface area contributed by atoms with Crippen molar-refractivity contribution in [1.82, 2.24) is 0 Å². The average molecular weight is 533 g/mol. The van der Waals surface area contributed by atoms with E-state index in [1.54, 1.807) is 19.4 Å². The second-order valence-electron chi connectivity index (χ2n) is 15.5. The van der Waals surface area contributed by atoms with Crippen LogP contribution in [0.25, 0.3) is 0 Å². The van der Waals surface area contributed by atoms with Gasteiger partial charge in [-0.3, -0.25) is 4.79 Å². The number of carbonyl (C=O) groups excluding carboxylic acids is 1. The molecule has 0 aromatic rings. The lowest BCUT2D eigenvalue weighted by Gasteiger charge is -2.64. The molecule has 0 aromatic heterocycles. The zero-order chi connectivity index (χ0) is 28.1. The molecule has 3 N–H and O–H groups in total. The molecular formula is C32H52O6. The third-order valence-electron chi connectivity index (χ3n) is 12.9. The van der Waals surface area contributed by atoms with Crippen molar-refractivity contribution in [2.75, 3.05) is 0 Å². The molecule has 5 aliphatic rings. The summed E-state index contributed by atoms with van der Waals surface area (Å²) in [5, 5.41) is 32.1.